The molecule has 0 aliphatic carbocycles. The summed E-state index contributed by atoms with van der Waals surface area (Å²) in [7, 11) is 4.58. The lowest BCUT2D eigenvalue weighted by Crippen LogP contribution is -2.12. The van der Waals surface area contributed by atoms with E-state index in [0.717, 1.165) is 11.1 Å². The topological polar surface area (TPSA) is 84.3 Å². The molecule has 0 atom stereocenters. The Kier molecular flexibility index (Phi) is 5.37. The summed E-state index contributed by atoms with van der Waals surface area (Å²) >= 11 is 0. The predicted octanol–water partition coefficient (Wildman–Crippen LogP) is 3.91. The quantitative estimate of drug-likeness (QED) is 0.730. The van der Waals surface area contributed by atoms with Crippen LogP contribution >= 0.6 is 0 Å². The van der Waals surface area contributed by atoms with E-state index in [4.69, 9.17) is 14.2 Å². The fourth-order valence-electron chi connectivity index (χ4n) is 3.02. The lowest BCUT2D eigenvalue weighted by Gasteiger charge is -2.15. The minimum absolute atomic E-state index is 0.0695. The summed E-state index contributed by atoms with van der Waals surface area (Å²) in [6.45, 7) is 1.98. The van der Waals surface area contributed by atoms with Crippen LogP contribution in [0.25, 0.3) is 22.4 Å². The van der Waals surface area contributed by atoms with Crippen LogP contribution in [0, 0.1) is 18.3 Å². The first-order valence-electron chi connectivity index (χ1n) is 8.57. The van der Waals surface area contributed by atoms with Gasteiger partial charge < -0.3 is 19.2 Å². The second-order valence-corrected chi connectivity index (χ2v) is 6.19. The van der Waals surface area contributed by atoms with Crippen molar-refractivity contribution in [1.29, 1.82) is 5.26 Å². The van der Waals surface area contributed by atoms with Gasteiger partial charge in [0.2, 0.25) is 5.75 Å². The third kappa shape index (κ3) is 3.42. The Morgan fingerprint density at radius 1 is 0.893 bits per heavy atom. The standard InChI is InChI=1S/C22H20N2O4/c1-13-5-7-14(8-6-13)16-11-18(24-22(25)17(16)12-23)15-9-19(26-2)21(28-4)20(10-15)27-3/h5-11H,1-4H3,(H,24,25). The van der Waals surface area contributed by atoms with Gasteiger partial charge in [0.25, 0.3) is 5.56 Å². The van der Waals surface area contributed by atoms with Gasteiger partial charge in [-0.25, -0.2) is 0 Å². The Hall–Kier alpha value is -3.72. The fourth-order valence-corrected chi connectivity index (χ4v) is 3.02. The molecule has 0 aliphatic heterocycles. The highest BCUT2D eigenvalue weighted by atomic mass is 16.5. The SMILES string of the molecule is COc1cc(-c2cc(-c3ccc(C)cc3)c(C#N)c(=O)[nH]2)cc(OC)c1OC. The number of rotatable bonds is 5. The van der Waals surface area contributed by atoms with Crippen molar-refractivity contribution in [1.82, 2.24) is 4.98 Å². The second-order valence-electron chi connectivity index (χ2n) is 6.19. The summed E-state index contributed by atoms with van der Waals surface area (Å²) in [4.78, 5) is 15.3. The molecule has 0 saturated heterocycles. The van der Waals surface area contributed by atoms with Gasteiger partial charge in [-0.15, -0.1) is 0 Å². The molecule has 6 heteroatoms. The van der Waals surface area contributed by atoms with Crippen molar-refractivity contribution in [3.8, 4) is 45.7 Å². The first kappa shape index (κ1) is 19.1. The minimum atomic E-state index is -0.454. The number of aryl methyl sites for hydroxylation is 1. The number of hydrogen-bond donors (Lipinski definition) is 1. The Labute approximate surface area is 162 Å². The van der Waals surface area contributed by atoms with Crippen molar-refractivity contribution in [3.63, 3.8) is 0 Å². The molecule has 142 valence electrons. The van der Waals surface area contributed by atoms with Crippen molar-refractivity contribution in [2.24, 2.45) is 0 Å². The van der Waals surface area contributed by atoms with Gasteiger partial charge in [0.05, 0.1) is 21.3 Å². The van der Waals surface area contributed by atoms with Crippen LogP contribution in [0.15, 0.2) is 47.3 Å². The number of nitrogens with one attached hydrogen (secondary N) is 1. The third-order valence-electron chi connectivity index (χ3n) is 4.48. The minimum Gasteiger partial charge on any atom is -0.493 e. The summed E-state index contributed by atoms with van der Waals surface area (Å²) in [6, 6.07) is 15.0. The number of nitrogens with zero attached hydrogens (tertiary/aromatic N) is 1. The van der Waals surface area contributed by atoms with E-state index in [0.29, 0.717) is 34.1 Å². The van der Waals surface area contributed by atoms with Crippen molar-refractivity contribution in [2.45, 2.75) is 6.92 Å². The summed E-state index contributed by atoms with van der Waals surface area (Å²) < 4.78 is 16.1. The van der Waals surface area contributed by atoms with E-state index in [-0.39, 0.29) is 5.56 Å². The van der Waals surface area contributed by atoms with E-state index in [9.17, 15) is 10.1 Å². The Morgan fingerprint density at radius 2 is 1.50 bits per heavy atom. The van der Waals surface area contributed by atoms with Crippen LogP contribution < -0.4 is 19.8 Å². The third-order valence-corrected chi connectivity index (χ3v) is 4.48. The highest BCUT2D eigenvalue weighted by Gasteiger charge is 2.17. The zero-order valence-corrected chi connectivity index (χ0v) is 16.1. The van der Waals surface area contributed by atoms with Crippen LogP contribution in [0.4, 0.5) is 0 Å². The van der Waals surface area contributed by atoms with Crippen LogP contribution in [0.1, 0.15) is 11.1 Å². The molecule has 1 N–H and O–H groups in total. The van der Waals surface area contributed by atoms with Gasteiger partial charge in [-0.1, -0.05) is 29.8 Å². The van der Waals surface area contributed by atoms with Crippen molar-refractivity contribution in [3.05, 3.63) is 63.9 Å². The Morgan fingerprint density at radius 3 is 2.00 bits per heavy atom. The van der Waals surface area contributed by atoms with Crippen LogP contribution in [-0.2, 0) is 0 Å². The van der Waals surface area contributed by atoms with E-state index in [1.165, 1.54) is 21.3 Å². The first-order valence-corrected chi connectivity index (χ1v) is 8.57. The van der Waals surface area contributed by atoms with Crippen LogP contribution in [0.2, 0.25) is 0 Å². The molecule has 0 fully saturated rings. The summed E-state index contributed by atoms with van der Waals surface area (Å²) in [6.07, 6.45) is 0. The zero-order chi connectivity index (χ0) is 20.3. The molecular formula is C22H20N2O4. The van der Waals surface area contributed by atoms with Crippen LogP contribution in [-0.4, -0.2) is 26.3 Å². The van der Waals surface area contributed by atoms with E-state index in [1.54, 1.807) is 18.2 Å². The lowest BCUT2D eigenvalue weighted by atomic mass is 9.98. The second kappa shape index (κ2) is 7.89. The van der Waals surface area contributed by atoms with Gasteiger partial charge in [-0.3, -0.25) is 4.79 Å². The van der Waals surface area contributed by atoms with Crippen molar-refractivity contribution >= 4 is 0 Å². The number of ether oxygens (including phenoxy) is 3. The highest BCUT2D eigenvalue weighted by Crippen LogP contribution is 2.41. The summed E-state index contributed by atoms with van der Waals surface area (Å²) in [5, 5.41) is 9.48. The molecule has 0 radical (unpaired) electrons. The van der Waals surface area contributed by atoms with Gasteiger partial charge >= 0.3 is 0 Å². The summed E-state index contributed by atoms with van der Waals surface area (Å²) in [5.74, 6) is 1.40. The molecule has 0 saturated carbocycles. The number of hydrogen-bond acceptors (Lipinski definition) is 5. The molecule has 0 amide bonds. The number of aromatic amines is 1. The average molecular weight is 376 g/mol. The van der Waals surface area contributed by atoms with Crippen molar-refractivity contribution < 1.29 is 14.2 Å². The average Bonchev–Trinajstić information content (AvgIpc) is 2.72. The molecule has 0 unspecified atom stereocenters. The molecule has 1 aromatic heterocycles. The molecule has 1 heterocycles. The normalized spacial score (nSPS) is 10.2. The molecule has 6 nitrogen and oxygen atoms in total. The smallest absolute Gasteiger partial charge is 0.266 e. The van der Waals surface area contributed by atoms with Gasteiger partial charge in [0.15, 0.2) is 11.5 Å². The maximum absolute atomic E-state index is 12.6. The molecule has 0 spiro atoms. The van der Waals surface area contributed by atoms with Crippen molar-refractivity contribution in [2.75, 3.05) is 21.3 Å². The molecule has 2 aromatic carbocycles. The van der Waals surface area contributed by atoms with E-state index in [2.05, 4.69) is 4.98 Å². The number of nitriles is 1. The number of aromatic nitrogens is 1. The van der Waals surface area contributed by atoms with Crippen LogP contribution in [0.5, 0.6) is 17.2 Å². The van der Waals surface area contributed by atoms with E-state index >= 15 is 0 Å². The summed E-state index contributed by atoms with van der Waals surface area (Å²) in [5.41, 5.74) is 3.28. The Balaban J connectivity index is 2.25. The Bertz CT molecular complexity index is 1080. The number of methoxy groups -OCH3 is 3. The fraction of sp³-hybridized carbons (Fsp3) is 0.182. The van der Waals surface area contributed by atoms with E-state index < -0.39 is 5.56 Å². The lowest BCUT2D eigenvalue weighted by molar-refractivity contribution is 0.324. The van der Waals surface area contributed by atoms with E-state index in [1.807, 2.05) is 37.3 Å². The largest absolute Gasteiger partial charge is 0.493 e. The molecule has 3 rings (SSSR count). The number of benzene rings is 2. The maximum atomic E-state index is 12.6. The molecule has 0 aliphatic rings. The predicted molar refractivity (Wildman–Crippen MR) is 107 cm³/mol. The maximum Gasteiger partial charge on any atom is 0.266 e. The van der Waals surface area contributed by atoms with Gasteiger partial charge in [0, 0.05) is 16.8 Å². The zero-order valence-electron chi connectivity index (χ0n) is 16.1. The van der Waals surface area contributed by atoms with Gasteiger partial charge in [0.1, 0.15) is 11.6 Å². The highest BCUT2D eigenvalue weighted by molar-refractivity contribution is 5.77. The first-order chi connectivity index (χ1) is 13.5. The molecule has 28 heavy (non-hydrogen) atoms. The van der Waals surface area contributed by atoms with Crippen LogP contribution in [0.3, 0.4) is 0 Å². The monoisotopic (exact) mass is 376 g/mol. The molecular weight excluding hydrogens is 356 g/mol. The molecule has 3 aromatic rings. The number of pyridine rings is 1. The molecule has 0 bridgehead atoms. The van der Waals surface area contributed by atoms with Gasteiger partial charge in [-0.05, 0) is 30.7 Å². The number of H-pyrrole nitrogens is 1. The van der Waals surface area contributed by atoms with Gasteiger partial charge in [-0.2, -0.15) is 5.26 Å².